The van der Waals surface area contributed by atoms with Crippen LogP contribution < -0.4 is 4.90 Å². The van der Waals surface area contributed by atoms with Gasteiger partial charge in [-0.15, -0.1) is 0 Å². The van der Waals surface area contributed by atoms with Gasteiger partial charge in [0.05, 0.1) is 11.6 Å². The molecule has 2 aliphatic carbocycles. The number of para-hydroxylation sites is 1. The minimum Gasteiger partial charge on any atom is -0.334 e. The summed E-state index contributed by atoms with van der Waals surface area (Å²) in [6, 6.07) is 57.5. The van der Waals surface area contributed by atoms with Gasteiger partial charge in [0.25, 0.3) is 0 Å². The maximum Gasteiger partial charge on any atom is 0.0560 e. The van der Waals surface area contributed by atoms with E-state index >= 15 is 0 Å². The Kier molecular flexibility index (Phi) is 7.83. The average molecular weight is 643 g/mol. The van der Waals surface area contributed by atoms with Gasteiger partial charge in [-0.1, -0.05) is 146 Å². The number of hydrogen-bond donors (Lipinski definition) is 0. The molecule has 1 heterocycles. The van der Waals surface area contributed by atoms with Crippen molar-refractivity contribution in [3.05, 3.63) is 199 Å². The highest BCUT2D eigenvalue weighted by molar-refractivity contribution is 5.93. The van der Waals surface area contributed by atoms with Crippen molar-refractivity contribution in [3.8, 4) is 27.9 Å². The van der Waals surface area contributed by atoms with Crippen LogP contribution in [-0.2, 0) is 6.42 Å². The Morgan fingerprint density at radius 2 is 1.08 bits per heavy atom. The Bertz CT molecular complexity index is 2360. The molecule has 1 aromatic heterocycles. The molecule has 0 bridgehead atoms. The number of rotatable bonds is 7. The minimum absolute atomic E-state index is 0.201. The quantitative estimate of drug-likeness (QED) is 0.168. The first-order valence-corrected chi connectivity index (χ1v) is 17.7. The van der Waals surface area contributed by atoms with Gasteiger partial charge in [-0.25, -0.2) is 0 Å². The molecule has 6 aromatic carbocycles. The fraction of sp³-hybridized carbons (Fsp3) is 0.0833. The van der Waals surface area contributed by atoms with Crippen molar-refractivity contribution >= 4 is 33.9 Å². The third kappa shape index (κ3) is 5.59. The van der Waals surface area contributed by atoms with Gasteiger partial charge in [0, 0.05) is 33.7 Å². The first-order chi connectivity index (χ1) is 24.8. The third-order valence-electron chi connectivity index (χ3n) is 10.2. The second kappa shape index (κ2) is 13.1. The molecule has 0 radical (unpaired) electrons. The monoisotopic (exact) mass is 642 g/mol. The molecule has 0 saturated heterocycles. The first kappa shape index (κ1) is 30.0. The van der Waals surface area contributed by atoms with Crippen LogP contribution in [-0.4, -0.2) is 10.6 Å². The fourth-order valence-corrected chi connectivity index (χ4v) is 7.71. The number of aromatic nitrogens is 1. The van der Waals surface area contributed by atoms with Gasteiger partial charge >= 0.3 is 0 Å². The van der Waals surface area contributed by atoms with Crippen LogP contribution in [0.5, 0.6) is 0 Å². The lowest BCUT2D eigenvalue weighted by molar-refractivity contribution is 0.787. The van der Waals surface area contributed by atoms with E-state index in [0.29, 0.717) is 0 Å². The van der Waals surface area contributed by atoms with E-state index in [0.717, 1.165) is 19.3 Å². The molecule has 240 valence electrons. The third-order valence-corrected chi connectivity index (χ3v) is 10.2. The van der Waals surface area contributed by atoms with Gasteiger partial charge in [0.15, 0.2) is 0 Å². The summed E-state index contributed by atoms with van der Waals surface area (Å²) in [6.07, 6.45) is 14.7. The van der Waals surface area contributed by atoms with Gasteiger partial charge in [-0.05, 0) is 95.1 Å². The molecule has 7 aromatic rings. The normalized spacial score (nSPS) is 15.1. The van der Waals surface area contributed by atoms with Crippen molar-refractivity contribution < 1.29 is 0 Å². The predicted molar refractivity (Wildman–Crippen MR) is 212 cm³/mol. The Balaban J connectivity index is 1.02. The van der Waals surface area contributed by atoms with Crippen LogP contribution >= 0.6 is 0 Å². The molecule has 0 amide bonds. The Hall–Kier alpha value is -6.12. The van der Waals surface area contributed by atoms with Gasteiger partial charge in [0.2, 0.25) is 0 Å². The largest absolute Gasteiger partial charge is 0.334 e. The molecule has 0 fully saturated rings. The SMILES string of the molecule is C1=Cc2c(n(-c3ccc(-c4ccc(N(c5ccc(-c6ccccc6)cc5)C5C=CC(c6ccccc6)=CC5)cc4)cc3)c3ccccc23)CC1. The molecule has 1 atom stereocenters. The summed E-state index contributed by atoms with van der Waals surface area (Å²) in [5.41, 5.74) is 15.1. The zero-order chi connectivity index (χ0) is 33.3. The average Bonchev–Trinajstić information content (AvgIpc) is 3.54. The number of fused-ring (bicyclic) bond motifs is 3. The van der Waals surface area contributed by atoms with E-state index in [9.17, 15) is 0 Å². The van der Waals surface area contributed by atoms with Crippen molar-refractivity contribution in [2.75, 3.05) is 4.90 Å². The summed E-state index contributed by atoms with van der Waals surface area (Å²) in [4.78, 5) is 2.48. The maximum atomic E-state index is 2.48. The Morgan fingerprint density at radius 1 is 0.520 bits per heavy atom. The van der Waals surface area contributed by atoms with E-state index in [1.165, 1.54) is 72.6 Å². The van der Waals surface area contributed by atoms with E-state index in [2.05, 4.69) is 198 Å². The van der Waals surface area contributed by atoms with Crippen LogP contribution in [0.4, 0.5) is 11.4 Å². The lowest BCUT2D eigenvalue weighted by Gasteiger charge is -2.33. The van der Waals surface area contributed by atoms with Crippen molar-refractivity contribution in [2.45, 2.75) is 25.3 Å². The molecule has 1 unspecified atom stereocenters. The van der Waals surface area contributed by atoms with Crippen LogP contribution in [0.3, 0.4) is 0 Å². The van der Waals surface area contributed by atoms with Crippen LogP contribution in [0.2, 0.25) is 0 Å². The van der Waals surface area contributed by atoms with Crippen molar-refractivity contribution in [1.29, 1.82) is 0 Å². The zero-order valence-corrected chi connectivity index (χ0v) is 28.0. The van der Waals surface area contributed by atoms with E-state index in [4.69, 9.17) is 0 Å². The number of allylic oxidation sites excluding steroid dienone is 3. The minimum atomic E-state index is 0.201. The maximum absolute atomic E-state index is 2.48. The van der Waals surface area contributed by atoms with Gasteiger partial charge in [-0.3, -0.25) is 0 Å². The molecule has 50 heavy (non-hydrogen) atoms. The fourth-order valence-electron chi connectivity index (χ4n) is 7.71. The summed E-state index contributed by atoms with van der Waals surface area (Å²) in [5.74, 6) is 0. The highest BCUT2D eigenvalue weighted by Gasteiger charge is 2.22. The van der Waals surface area contributed by atoms with Crippen molar-refractivity contribution in [2.24, 2.45) is 0 Å². The van der Waals surface area contributed by atoms with Crippen LogP contribution in [0.1, 0.15) is 29.7 Å². The Morgan fingerprint density at radius 3 is 1.70 bits per heavy atom. The summed E-state index contributed by atoms with van der Waals surface area (Å²) in [5, 5.41) is 1.33. The molecule has 2 aliphatic rings. The molecular weight excluding hydrogens is 605 g/mol. The number of hydrogen-bond acceptors (Lipinski definition) is 1. The van der Waals surface area contributed by atoms with E-state index in [1.54, 1.807) is 0 Å². The molecule has 2 heteroatoms. The van der Waals surface area contributed by atoms with E-state index in [-0.39, 0.29) is 6.04 Å². The zero-order valence-electron chi connectivity index (χ0n) is 28.0. The lowest BCUT2D eigenvalue weighted by Crippen LogP contribution is -2.30. The molecule has 9 rings (SSSR count). The summed E-state index contributed by atoms with van der Waals surface area (Å²) in [6.45, 7) is 0. The molecule has 2 nitrogen and oxygen atoms in total. The predicted octanol–water partition coefficient (Wildman–Crippen LogP) is 12.5. The second-order valence-electron chi connectivity index (χ2n) is 13.2. The van der Waals surface area contributed by atoms with Crippen molar-refractivity contribution in [1.82, 2.24) is 4.57 Å². The standard InChI is InChI=1S/C48H38N2/c1-3-11-35(12-4-1)37-19-27-41(28-20-37)49(42-29-21-38(22-30-42)36-13-5-2-6-14-36)43-31-23-39(24-32-43)40-25-33-44(34-26-40)50-47-17-9-7-15-45(47)46-16-8-10-18-48(46)50/h1-9,11-17,19-29,31-34,42H,10,18,30H2. The molecule has 0 saturated carbocycles. The molecule has 0 N–H and O–H groups in total. The highest BCUT2D eigenvalue weighted by Crippen LogP contribution is 2.37. The molecule has 0 aliphatic heterocycles. The molecular formula is C48H38N2. The van der Waals surface area contributed by atoms with E-state index < -0.39 is 0 Å². The lowest BCUT2D eigenvalue weighted by atomic mass is 9.95. The summed E-state index contributed by atoms with van der Waals surface area (Å²) in [7, 11) is 0. The molecule has 0 spiro atoms. The smallest absolute Gasteiger partial charge is 0.0560 e. The second-order valence-corrected chi connectivity index (χ2v) is 13.2. The number of anilines is 2. The summed E-state index contributed by atoms with van der Waals surface area (Å²) < 4.78 is 2.46. The first-order valence-electron chi connectivity index (χ1n) is 17.7. The highest BCUT2D eigenvalue weighted by atomic mass is 15.2. The number of benzene rings is 6. The Labute approximate surface area is 294 Å². The van der Waals surface area contributed by atoms with Gasteiger partial charge < -0.3 is 9.47 Å². The van der Waals surface area contributed by atoms with Crippen LogP contribution in [0.15, 0.2) is 182 Å². The number of nitrogens with zero attached hydrogens (tertiary/aromatic N) is 2. The summed E-state index contributed by atoms with van der Waals surface area (Å²) >= 11 is 0. The van der Waals surface area contributed by atoms with Crippen LogP contribution in [0, 0.1) is 0 Å². The van der Waals surface area contributed by atoms with Gasteiger partial charge in [0.1, 0.15) is 0 Å². The van der Waals surface area contributed by atoms with Gasteiger partial charge in [-0.2, -0.15) is 0 Å². The topological polar surface area (TPSA) is 8.17 Å². The van der Waals surface area contributed by atoms with E-state index in [1.807, 2.05) is 0 Å². The van der Waals surface area contributed by atoms with Crippen molar-refractivity contribution in [3.63, 3.8) is 0 Å². The van der Waals surface area contributed by atoms with Crippen LogP contribution in [0.25, 0.3) is 50.5 Å².